The summed E-state index contributed by atoms with van der Waals surface area (Å²) in [6.45, 7) is 5.56. The fraction of sp³-hybridized carbons (Fsp3) is 0.250. The monoisotopic (exact) mass is 445 g/mol. The molecule has 9 heteroatoms. The van der Waals surface area contributed by atoms with Crippen molar-refractivity contribution in [3.63, 3.8) is 0 Å². The third-order valence-corrected chi connectivity index (χ3v) is 5.64. The number of carbonyl (C=O) groups is 4. The van der Waals surface area contributed by atoms with Crippen molar-refractivity contribution in [1.29, 1.82) is 0 Å². The van der Waals surface area contributed by atoms with E-state index in [9.17, 15) is 19.2 Å². The number of hydrogen-bond acceptors (Lipinski definition) is 6. The normalized spacial score (nSPS) is 13.7. The van der Waals surface area contributed by atoms with Gasteiger partial charge in [-0.15, -0.1) is 0 Å². The van der Waals surface area contributed by atoms with Gasteiger partial charge in [0.25, 0.3) is 17.7 Å². The molecule has 2 aromatic carbocycles. The Balaban J connectivity index is 1.31. The number of fused-ring (bicyclic) bond motifs is 2. The lowest BCUT2D eigenvalue weighted by atomic mass is 10.1. The second kappa shape index (κ2) is 8.78. The van der Waals surface area contributed by atoms with Gasteiger partial charge >= 0.3 is 0 Å². The van der Waals surface area contributed by atoms with Gasteiger partial charge in [-0.2, -0.15) is 0 Å². The maximum absolute atomic E-state index is 12.5. The topological polar surface area (TPSA) is 121 Å². The minimum absolute atomic E-state index is 0.143. The number of nitrogens with zero attached hydrogens (tertiary/aromatic N) is 3. The minimum Gasteiger partial charge on any atom is -0.353 e. The van der Waals surface area contributed by atoms with Crippen molar-refractivity contribution >= 4 is 34.7 Å². The van der Waals surface area contributed by atoms with E-state index in [0.717, 1.165) is 16.3 Å². The van der Waals surface area contributed by atoms with Crippen LogP contribution < -0.4 is 10.6 Å². The van der Waals surface area contributed by atoms with Crippen LogP contribution in [0.2, 0.25) is 0 Å². The highest BCUT2D eigenvalue weighted by atomic mass is 16.2. The zero-order valence-electron chi connectivity index (χ0n) is 18.5. The van der Waals surface area contributed by atoms with Crippen molar-refractivity contribution in [2.24, 2.45) is 0 Å². The van der Waals surface area contributed by atoms with E-state index < -0.39 is 23.8 Å². The molecule has 0 saturated heterocycles. The molecule has 1 aliphatic heterocycles. The van der Waals surface area contributed by atoms with Gasteiger partial charge in [-0.1, -0.05) is 12.1 Å². The van der Waals surface area contributed by atoms with E-state index in [4.69, 9.17) is 0 Å². The summed E-state index contributed by atoms with van der Waals surface area (Å²) < 4.78 is 0. The molecule has 0 spiro atoms. The van der Waals surface area contributed by atoms with Gasteiger partial charge in [-0.25, -0.2) is 9.97 Å². The fourth-order valence-electron chi connectivity index (χ4n) is 3.66. The van der Waals surface area contributed by atoms with Gasteiger partial charge in [-0.05, 0) is 51.1 Å². The van der Waals surface area contributed by atoms with Crippen molar-refractivity contribution in [3.05, 3.63) is 70.5 Å². The summed E-state index contributed by atoms with van der Waals surface area (Å²) in [5.74, 6) is -1.77. The molecule has 1 unspecified atom stereocenters. The van der Waals surface area contributed by atoms with Crippen molar-refractivity contribution in [2.75, 3.05) is 13.1 Å². The molecule has 1 aromatic heterocycles. The van der Waals surface area contributed by atoms with E-state index in [1.54, 1.807) is 42.5 Å². The van der Waals surface area contributed by atoms with Crippen molar-refractivity contribution in [3.8, 4) is 0 Å². The van der Waals surface area contributed by atoms with Gasteiger partial charge in [0.05, 0.1) is 33.5 Å². The Kier molecular flexibility index (Phi) is 5.87. The largest absolute Gasteiger partial charge is 0.353 e. The highest BCUT2D eigenvalue weighted by Crippen LogP contribution is 2.24. The molecular formula is C24H23N5O4. The molecule has 33 heavy (non-hydrogen) atoms. The van der Waals surface area contributed by atoms with Gasteiger partial charge in [-0.3, -0.25) is 24.1 Å². The van der Waals surface area contributed by atoms with Crippen LogP contribution in [-0.2, 0) is 4.79 Å². The number of amides is 4. The van der Waals surface area contributed by atoms with Crippen molar-refractivity contribution < 1.29 is 19.2 Å². The second-order valence-electron chi connectivity index (χ2n) is 7.85. The van der Waals surface area contributed by atoms with Crippen LogP contribution in [0.1, 0.15) is 49.4 Å². The average Bonchev–Trinajstić information content (AvgIpc) is 3.06. The van der Waals surface area contributed by atoms with E-state index in [1.165, 1.54) is 6.92 Å². The molecule has 0 aliphatic carbocycles. The lowest BCUT2D eigenvalue weighted by Gasteiger charge is -2.21. The quantitative estimate of drug-likeness (QED) is 0.441. The maximum Gasteiger partial charge on any atom is 0.262 e. The molecule has 0 saturated carbocycles. The Labute approximate surface area is 190 Å². The summed E-state index contributed by atoms with van der Waals surface area (Å²) in [6.07, 6.45) is 0. The summed E-state index contributed by atoms with van der Waals surface area (Å²) in [7, 11) is 0. The fourth-order valence-corrected chi connectivity index (χ4v) is 3.66. The minimum atomic E-state index is -0.973. The van der Waals surface area contributed by atoms with Crippen molar-refractivity contribution in [2.45, 2.75) is 26.8 Å². The van der Waals surface area contributed by atoms with Gasteiger partial charge in [0.2, 0.25) is 5.91 Å². The number of nitrogens with one attached hydrogen (secondary N) is 2. The number of carbonyl (C=O) groups excluding carboxylic acids is 4. The second-order valence-corrected chi connectivity index (χ2v) is 7.85. The molecule has 0 fully saturated rings. The number of benzene rings is 2. The number of imide groups is 1. The first kappa shape index (κ1) is 22.1. The van der Waals surface area contributed by atoms with E-state index >= 15 is 0 Å². The van der Waals surface area contributed by atoms with E-state index in [2.05, 4.69) is 20.6 Å². The van der Waals surface area contributed by atoms with Crippen LogP contribution in [-0.4, -0.2) is 57.6 Å². The zero-order valence-corrected chi connectivity index (χ0v) is 18.5. The number of aromatic nitrogens is 2. The van der Waals surface area contributed by atoms with Crippen LogP contribution in [0.5, 0.6) is 0 Å². The molecule has 0 radical (unpaired) electrons. The van der Waals surface area contributed by atoms with Gasteiger partial charge in [0, 0.05) is 18.7 Å². The molecule has 9 nitrogen and oxygen atoms in total. The van der Waals surface area contributed by atoms with Crippen LogP contribution in [0, 0.1) is 13.8 Å². The molecule has 1 aliphatic rings. The van der Waals surface area contributed by atoms with Crippen molar-refractivity contribution in [1.82, 2.24) is 25.5 Å². The number of hydrogen-bond donors (Lipinski definition) is 2. The molecule has 0 bridgehead atoms. The van der Waals surface area contributed by atoms with E-state index in [0.29, 0.717) is 27.7 Å². The molecule has 2 heterocycles. The van der Waals surface area contributed by atoms with Gasteiger partial charge in [0.15, 0.2) is 0 Å². The summed E-state index contributed by atoms with van der Waals surface area (Å²) in [5, 5.41) is 5.39. The van der Waals surface area contributed by atoms with Crippen LogP contribution in [0.25, 0.3) is 11.0 Å². The van der Waals surface area contributed by atoms with E-state index in [-0.39, 0.29) is 19.0 Å². The summed E-state index contributed by atoms with van der Waals surface area (Å²) in [5.41, 5.74) is 4.00. The first-order valence-electron chi connectivity index (χ1n) is 10.6. The lowest BCUT2D eigenvalue weighted by Crippen LogP contribution is -2.49. The Morgan fingerprint density at radius 2 is 1.45 bits per heavy atom. The Morgan fingerprint density at radius 3 is 2.09 bits per heavy atom. The Bertz CT molecular complexity index is 1270. The molecular weight excluding hydrogens is 422 g/mol. The zero-order chi connectivity index (χ0) is 23.7. The average molecular weight is 445 g/mol. The van der Waals surface area contributed by atoms with Crippen LogP contribution in [0.4, 0.5) is 0 Å². The summed E-state index contributed by atoms with van der Waals surface area (Å²) in [4.78, 5) is 59.9. The predicted molar refractivity (Wildman–Crippen MR) is 121 cm³/mol. The maximum atomic E-state index is 12.5. The lowest BCUT2D eigenvalue weighted by molar-refractivity contribution is -0.124. The van der Waals surface area contributed by atoms with Gasteiger partial charge < -0.3 is 10.6 Å². The highest BCUT2D eigenvalue weighted by molar-refractivity contribution is 6.22. The molecule has 1 atom stereocenters. The number of aryl methyl sites for hydroxylation is 2. The van der Waals surface area contributed by atoms with Crippen LogP contribution in [0.15, 0.2) is 42.5 Å². The Morgan fingerprint density at radius 1 is 0.879 bits per heavy atom. The first-order chi connectivity index (χ1) is 15.8. The Hall–Kier alpha value is -4.14. The van der Waals surface area contributed by atoms with Crippen LogP contribution in [0.3, 0.4) is 0 Å². The molecule has 168 valence electrons. The summed E-state index contributed by atoms with van der Waals surface area (Å²) >= 11 is 0. The molecule has 2 N–H and O–H groups in total. The smallest absolute Gasteiger partial charge is 0.262 e. The SMILES string of the molecule is Cc1nc2ccc(C(=O)NCCNC(=O)C(C)N3C(=O)c4ccccc4C3=O)cc2nc1C. The summed E-state index contributed by atoms with van der Waals surface area (Å²) in [6, 6.07) is 10.6. The first-order valence-corrected chi connectivity index (χ1v) is 10.6. The predicted octanol–water partition coefficient (Wildman–Crippen LogP) is 1.78. The molecule has 4 amide bonds. The third-order valence-electron chi connectivity index (χ3n) is 5.64. The third kappa shape index (κ3) is 4.17. The molecule has 3 aromatic rings. The van der Waals surface area contributed by atoms with Crippen LogP contribution >= 0.6 is 0 Å². The molecule has 4 rings (SSSR count). The van der Waals surface area contributed by atoms with Gasteiger partial charge in [0.1, 0.15) is 6.04 Å². The van der Waals surface area contributed by atoms with E-state index in [1.807, 2.05) is 13.8 Å². The standard InChI is InChI=1S/C24H23N5O4/c1-13-14(2)28-20-12-16(8-9-19(20)27-13)22(31)26-11-10-25-21(30)15(3)29-23(32)17-6-4-5-7-18(17)24(29)33/h4-9,12,15H,10-11H2,1-3H3,(H,25,30)(H,26,31). The highest BCUT2D eigenvalue weighted by Gasteiger charge is 2.40. The number of rotatable bonds is 6.